The quantitative estimate of drug-likeness (QED) is 0.601. The zero-order valence-electron chi connectivity index (χ0n) is 9.32. The van der Waals surface area contributed by atoms with Crippen LogP contribution in [0.5, 0.6) is 0 Å². The number of likely N-dealkylation sites (N-methyl/N-ethyl adjacent to an activating group) is 1. The van der Waals surface area contributed by atoms with Gasteiger partial charge in [-0.25, -0.2) is 0 Å². The van der Waals surface area contributed by atoms with Crippen LogP contribution in [0.15, 0.2) is 0 Å². The Morgan fingerprint density at radius 3 is 2.53 bits per heavy atom. The first-order valence-corrected chi connectivity index (χ1v) is 4.99. The summed E-state index contributed by atoms with van der Waals surface area (Å²) in [5.74, 6) is -0.962. The molecule has 1 aliphatic heterocycles. The van der Waals surface area contributed by atoms with Gasteiger partial charge in [0.2, 0.25) is 0 Å². The van der Waals surface area contributed by atoms with Crippen molar-refractivity contribution in [2.75, 3.05) is 20.1 Å². The lowest BCUT2D eigenvalue weighted by molar-refractivity contribution is -0.157. The van der Waals surface area contributed by atoms with Crippen molar-refractivity contribution in [3.05, 3.63) is 0 Å². The molecule has 0 aromatic rings. The van der Waals surface area contributed by atoms with E-state index in [0.29, 0.717) is 19.5 Å². The molecule has 0 spiro atoms. The van der Waals surface area contributed by atoms with E-state index in [2.05, 4.69) is 0 Å². The summed E-state index contributed by atoms with van der Waals surface area (Å²) in [7, 11) is 1.62. The maximum atomic E-state index is 11.5. The van der Waals surface area contributed by atoms with Crippen molar-refractivity contribution in [3.63, 3.8) is 0 Å². The second kappa shape index (κ2) is 4.42. The monoisotopic (exact) mass is 212 g/mol. The third-order valence-corrected chi connectivity index (χ3v) is 2.67. The molecule has 0 aromatic carbocycles. The number of hydrogen-bond acceptors (Lipinski definition) is 3. The average Bonchev–Trinajstić information content (AvgIpc) is 2.18. The lowest BCUT2D eigenvalue weighted by atomic mass is 10.1. The molecular weight excluding hydrogens is 196 g/mol. The van der Waals surface area contributed by atoms with Gasteiger partial charge in [0.15, 0.2) is 0 Å². The van der Waals surface area contributed by atoms with Crippen molar-refractivity contribution >= 4 is 17.6 Å². The van der Waals surface area contributed by atoms with E-state index >= 15 is 0 Å². The number of carbonyl (C=O) groups excluding carboxylic acids is 3. The number of carbonyl (C=O) groups is 3. The predicted molar refractivity (Wildman–Crippen MR) is 54.1 cm³/mol. The first-order valence-electron chi connectivity index (χ1n) is 4.99. The molecule has 15 heavy (non-hydrogen) atoms. The van der Waals surface area contributed by atoms with Crippen molar-refractivity contribution in [3.8, 4) is 0 Å². The number of piperazine rings is 1. The summed E-state index contributed by atoms with van der Waals surface area (Å²) in [6, 6.07) is 0.0159. The standard InChI is InChI=1S/C10H16N2O3/c1-7-6-12(5-4-8(2)13)10(15)9(14)11(7)3/h7H,4-6H2,1-3H3. The van der Waals surface area contributed by atoms with Crippen LogP contribution in [0.25, 0.3) is 0 Å². The van der Waals surface area contributed by atoms with E-state index in [1.165, 1.54) is 16.7 Å². The van der Waals surface area contributed by atoms with Gasteiger partial charge < -0.3 is 9.80 Å². The Bertz CT molecular complexity index is 301. The topological polar surface area (TPSA) is 57.7 Å². The minimum Gasteiger partial charge on any atom is -0.333 e. The normalized spacial score (nSPS) is 22.2. The van der Waals surface area contributed by atoms with Gasteiger partial charge in [0.25, 0.3) is 0 Å². The largest absolute Gasteiger partial charge is 0.333 e. The van der Waals surface area contributed by atoms with Gasteiger partial charge >= 0.3 is 11.8 Å². The van der Waals surface area contributed by atoms with Crippen LogP contribution in [0.1, 0.15) is 20.3 Å². The molecule has 0 radical (unpaired) electrons. The van der Waals surface area contributed by atoms with Crippen molar-refractivity contribution in [2.24, 2.45) is 0 Å². The summed E-state index contributed by atoms with van der Waals surface area (Å²) in [6.45, 7) is 4.21. The molecule has 2 amide bonds. The maximum absolute atomic E-state index is 11.5. The fraction of sp³-hybridized carbons (Fsp3) is 0.700. The summed E-state index contributed by atoms with van der Waals surface area (Å²) in [4.78, 5) is 36.6. The highest BCUT2D eigenvalue weighted by atomic mass is 16.2. The molecule has 5 heteroatoms. The number of hydrogen-bond donors (Lipinski definition) is 0. The van der Waals surface area contributed by atoms with E-state index in [4.69, 9.17) is 0 Å². The van der Waals surface area contributed by atoms with Gasteiger partial charge in [-0.05, 0) is 13.8 Å². The van der Waals surface area contributed by atoms with Gasteiger partial charge in [-0.1, -0.05) is 0 Å². The molecule has 1 fully saturated rings. The van der Waals surface area contributed by atoms with E-state index in [1.54, 1.807) is 7.05 Å². The Morgan fingerprint density at radius 2 is 2.00 bits per heavy atom. The van der Waals surface area contributed by atoms with Gasteiger partial charge in [0.05, 0.1) is 0 Å². The highest BCUT2D eigenvalue weighted by Gasteiger charge is 2.34. The van der Waals surface area contributed by atoms with Crippen LogP contribution in [-0.4, -0.2) is 53.6 Å². The minimum atomic E-state index is -0.503. The maximum Gasteiger partial charge on any atom is 0.312 e. The Balaban J connectivity index is 2.63. The number of nitrogens with zero attached hydrogens (tertiary/aromatic N) is 2. The van der Waals surface area contributed by atoms with Gasteiger partial charge in [0.1, 0.15) is 5.78 Å². The first-order chi connectivity index (χ1) is 6.93. The van der Waals surface area contributed by atoms with E-state index in [0.717, 1.165) is 0 Å². The van der Waals surface area contributed by atoms with E-state index in [1.807, 2.05) is 6.92 Å². The molecule has 84 valence electrons. The van der Waals surface area contributed by atoms with E-state index in [-0.39, 0.29) is 11.8 Å². The third kappa shape index (κ3) is 2.55. The van der Waals surface area contributed by atoms with Crippen molar-refractivity contribution in [1.82, 2.24) is 9.80 Å². The van der Waals surface area contributed by atoms with Crippen LogP contribution < -0.4 is 0 Å². The Morgan fingerprint density at radius 1 is 1.40 bits per heavy atom. The molecule has 1 rings (SSSR count). The molecular formula is C10H16N2O3. The highest BCUT2D eigenvalue weighted by molar-refractivity contribution is 6.35. The summed E-state index contributed by atoms with van der Waals surface area (Å²) < 4.78 is 0. The third-order valence-electron chi connectivity index (χ3n) is 2.67. The summed E-state index contributed by atoms with van der Waals surface area (Å²) in [5.41, 5.74) is 0. The molecule has 0 saturated carbocycles. The average molecular weight is 212 g/mol. The predicted octanol–water partition coefficient (Wildman–Crippen LogP) is -0.345. The zero-order valence-corrected chi connectivity index (χ0v) is 9.32. The van der Waals surface area contributed by atoms with Crippen molar-refractivity contribution in [2.45, 2.75) is 26.3 Å². The molecule has 1 unspecified atom stereocenters. The molecule has 5 nitrogen and oxygen atoms in total. The number of Topliss-reactive ketones (excluding diaryl/α,β-unsaturated/α-hetero) is 1. The number of amides is 2. The highest BCUT2D eigenvalue weighted by Crippen LogP contribution is 2.10. The van der Waals surface area contributed by atoms with Crippen LogP contribution in [0.2, 0.25) is 0 Å². The lowest BCUT2D eigenvalue weighted by Gasteiger charge is -2.36. The fourth-order valence-corrected chi connectivity index (χ4v) is 1.50. The summed E-state index contributed by atoms with van der Waals surface area (Å²) in [5, 5.41) is 0. The smallest absolute Gasteiger partial charge is 0.312 e. The Hall–Kier alpha value is -1.39. The molecule has 1 saturated heterocycles. The van der Waals surface area contributed by atoms with Crippen molar-refractivity contribution < 1.29 is 14.4 Å². The summed E-state index contributed by atoms with van der Waals surface area (Å²) >= 11 is 0. The van der Waals surface area contributed by atoms with Crippen LogP contribution >= 0.6 is 0 Å². The fourth-order valence-electron chi connectivity index (χ4n) is 1.50. The second-order valence-electron chi connectivity index (χ2n) is 3.97. The Labute approximate surface area is 89.0 Å². The van der Waals surface area contributed by atoms with Crippen LogP contribution in [0.4, 0.5) is 0 Å². The zero-order chi connectivity index (χ0) is 11.6. The van der Waals surface area contributed by atoms with Crippen molar-refractivity contribution in [1.29, 1.82) is 0 Å². The first kappa shape index (κ1) is 11.7. The van der Waals surface area contributed by atoms with Gasteiger partial charge in [-0.15, -0.1) is 0 Å². The molecule has 1 heterocycles. The van der Waals surface area contributed by atoms with Crippen LogP contribution in [0.3, 0.4) is 0 Å². The minimum absolute atomic E-state index is 0.0159. The summed E-state index contributed by atoms with van der Waals surface area (Å²) in [6.07, 6.45) is 0.315. The molecule has 1 aliphatic rings. The number of ketones is 1. The molecule has 0 aromatic heterocycles. The SMILES string of the molecule is CC(=O)CCN1CC(C)N(C)C(=O)C1=O. The van der Waals surface area contributed by atoms with Gasteiger partial charge in [-0.2, -0.15) is 0 Å². The number of rotatable bonds is 3. The lowest BCUT2D eigenvalue weighted by Crippen LogP contribution is -2.57. The van der Waals surface area contributed by atoms with E-state index < -0.39 is 11.8 Å². The van der Waals surface area contributed by atoms with Gasteiger partial charge in [-0.3, -0.25) is 14.4 Å². The van der Waals surface area contributed by atoms with Crippen LogP contribution in [-0.2, 0) is 14.4 Å². The second-order valence-corrected chi connectivity index (χ2v) is 3.97. The van der Waals surface area contributed by atoms with E-state index in [9.17, 15) is 14.4 Å². The molecule has 1 atom stereocenters. The molecule has 0 aliphatic carbocycles. The molecule has 0 N–H and O–H groups in total. The van der Waals surface area contributed by atoms with Crippen LogP contribution in [0, 0.1) is 0 Å². The molecule has 0 bridgehead atoms. The van der Waals surface area contributed by atoms with Gasteiger partial charge in [0, 0.05) is 32.6 Å². The Kier molecular flexibility index (Phi) is 3.44.